The van der Waals surface area contributed by atoms with Crippen LogP contribution in [0.1, 0.15) is 0 Å². The standard InChI is InChI=1S/C14H23ClN2OS.ClH/c1-17(2)9-7-16-8-10-18-11-12-19-14-5-3-13(15)4-6-14;/h3-6,16H,7-12H2,1-2H3;1H/p-1. The average Bonchev–Trinajstić information content (AvgIpc) is 2.38. The SMILES string of the molecule is CN(C)CCNCCOCCSc1ccc(Cl)cc1.[Cl-]. The van der Waals surface area contributed by atoms with Crippen molar-refractivity contribution in [3.63, 3.8) is 0 Å². The van der Waals surface area contributed by atoms with E-state index in [9.17, 15) is 0 Å². The predicted octanol–water partition coefficient (Wildman–Crippen LogP) is -0.396. The van der Waals surface area contributed by atoms with Gasteiger partial charge in [0, 0.05) is 35.3 Å². The van der Waals surface area contributed by atoms with Crippen LogP contribution in [-0.4, -0.2) is 57.6 Å². The molecule has 0 spiro atoms. The van der Waals surface area contributed by atoms with E-state index < -0.39 is 0 Å². The summed E-state index contributed by atoms with van der Waals surface area (Å²) in [4.78, 5) is 3.40. The van der Waals surface area contributed by atoms with Crippen LogP contribution in [0.5, 0.6) is 0 Å². The van der Waals surface area contributed by atoms with Gasteiger partial charge >= 0.3 is 0 Å². The number of rotatable bonds is 10. The Balaban J connectivity index is 0.00000361. The minimum Gasteiger partial charge on any atom is -1.00 e. The van der Waals surface area contributed by atoms with Crippen molar-refractivity contribution in [2.24, 2.45) is 0 Å². The highest BCUT2D eigenvalue weighted by Gasteiger charge is 1.95. The first-order valence-electron chi connectivity index (χ1n) is 6.50. The molecule has 1 aromatic rings. The number of hydrogen-bond acceptors (Lipinski definition) is 4. The molecule has 3 nitrogen and oxygen atoms in total. The smallest absolute Gasteiger partial charge is 0.0591 e. The molecule has 0 aliphatic carbocycles. The molecule has 0 radical (unpaired) electrons. The number of ether oxygens (including phenoxy) is 1. The maximum atomic E-state index is 5.83. The third-order valence-electron chi connectivity index (χ3n) is 2.47. The summed E-state index contributed by atoms with van der Waals surface area (Å²) in [6.07, 6.45) is 0. The summed E-state index contributed by atoms with van der Waals surface area (Å²) in [7, 11) is 4.15. The van der Waals surface area contributed by atoms with E-state index in [1.165, 1.54) is 4.90 Å². The second-order valence-corrected chi connectivity index (χ2v) is 6.07. The highest BCUT2D eigenvalue weighted by atomic mass is 35.5. The van der Waals surface area contributed by atoms with Gasteiger partial charge in [-0.2, -0.15) is 0 Å². The Labute approximate surface area is 137 Å². The van der Waals surface area contributed by atoms with Crippen LogP contribution in [0.4, 0.5) is 0 Å². The van der Waals surface area contributed by atoms with Crippen LogP contribution in [0.2, 0.25) is 5.02 Å². The zero-order chi connectivity index (χ0) is 13.9. The molecule has 1 aromatic carbocycles. The van der Waals surface area contributed by atoms with Gasteiger partial charge in [0.05, 0.1) is 13.2 Å². The van der Waals surface area contributed by atoms with Gasteiger partial charge in [0.2, 0.25) is 0 Å². The van der Waals surface area contributed by atoms with Gasteiger partial charge in [-0.25, -0.2) is 0 Å². The molecule has 20 heavy (non-hydrogen) atoms. The Kier molecular flexibility index (Phi) is 12.8. The van der Waals surface area contributed by atoms with E-state index in [4.69, 9.17) is 16.3 Å². The normalized spacial score (nSPS) is 10.6. The number of nitrogens with zero attached hydrogens (tertiary/aromatic N) is 1. The van der Waals surface area contributed by atoms with Crippen molar-refractivity contribution < 1.29 is 17.1 Å². The lowest BCUT2D eigenvalue weighted by Gasteiger charge is -2.10. The minimum absolute atomic E-state index is 0. The van der Waals surface area contributed by atoms with Gasteiger partial charge in [-0.15, -0.1) is 11.8 Å². The Morgan fingerprint density at radius 2 is 1.85 bits per heavy atom. The molecule has 0 aliphatic heterocycles. The zero-order valence-corrected chi connectivity index (χ0v) is 14.4. The molecule has 1 N–H and O–H groups in total. The van der Waals surface area contributed by atoms with Crippen molar-refractivity contribution in [3.8, 4) is 0 Å². The molecule has 0 heterocycles. The maximum absolute atomic E-state index is 5.83. The lowest BCUT2D eigenvalue weighted by Crippen LogP contribution is -3.00. The fourth-order valence-corrected chi connectivity index (χ4v) is 2.31. The van der Waals surface area contributed by atoms with Gasteiger partial charge in [-0.05, 0) is 38.4 Å². The van der Waals surface area contributed by atoms with Gasteiger partial charge in [-0.1, -0.05) is 11.6 Å². The molecule has 0 fully saturated rings. The Morgan fingerprint density at radius 1 is 1.15 bits per heavy atom. The van der Waals surface area contributed by atoms with Gasteiger partial charge in [0.1, 0.15) is 0 Å². The van der Waals surface area contributed by atoms with Crippen LogP contribution in [0, 0.1) is 0 Å². The maximum Gasteiger partial charge on any atom is 0.0591 e. The number of thioether (sulfide) groups is 1. The highest BCUT2D eigenvalue weighted by Crippen LogP contribution is 2.19. The topological polar surface area (TPSA) is 24.5 Å². The summed E-state index contributed by atoms with van der Waals surface area (Å²) < 4.78 is 5.56. The molecule has 0 saturated heterocycles. The van der Waals surface area contributed by atoms with E-state index in [0.717, 1.165) is 43.6 Å². The third-order valence-corrected chi connectivity index (χ3v) is 3.70. The van der Waals surface area contributed by atoms with Crippen LogP contribution in [0.25, 0.3) is 0 Å². The van der Waals surface area contributed by atoms with Gasteiger partial charge in [-0.3, -0.25) is 0 Å². The molecule has 0 aromatic heterocycles. The van der Waals surface area contributed by atoms with Gasteiger partial charge in [0.25, 0.3) is 0 Å². The van der Waals surface area contributed by atoms with Crippen LogP contribution in [-0.2, 0) is 4.74 Å². The quantitative estimate of drug-likeness (QED) is 0.464. The van der Waals surface area contributed by atoms with E-state index in [-0.39, 0.29) is 12.4 Å². The Bertz CT molecular complexity index is 336. The molecule has 0 amide bonds. The Hall–Kier alpha value is 0.0300. The van der Waals surface area contributed by atoms with Crippen molar-refractivity contribution in [2.45, 2.75) is 4.90 Å². The molecule has 6 heteroatoms. The zero-order valence-electron chi connectivity index (χ0n) is 12.1. The summed E-state index contributed by atoms with van der Waals surface area (Å²) in [5.74, 6) is 0.972. The molecule has 116 valence electrons. The molecular weight excluding hydrogens is 315 g/mol. The fraction of sp³-hybridized carbons (Fsp3) is 0.571. The summed E-state index contributed by atoms with van der Waals surface area (Å²) in [5.41, 5.74) is 0. The minimum atomic E-state index is 0. The molecule has 1 rings (SSSR count). The van der Waals surface area contributed by atoms with E-state index in [0.29, 0.717) is 0 Å². The number of nitrogens with one attached hydrogen (secondary N) is 1. The molecule has 0 saturated carbocycles. The molecular formula is C14H23Cl2N2OS-. The molecule has 0 bridgehead atoms. The van der Waals surface area contributed by atoms with Crippen LogP contribution in [0.3, 0.4) is 0 Å². The largest absolute Gasteiger partial charge is 1.00 e. The average molecular weight is 338 g/mol. The Morgan fingerprint density at radius 3 is 2.50 bits per heavy atom. The highest BCUT2D eigenvalue weighted by molar-refractivity contribution is 7.99. The fourth-order valence-electron chi connectivity index (χ4n) is 1.42. The second kappa shape index (κ2) is 12.7. The molecule has 0 atom stereocenters. The number of halogens is 2. The summed E-state index contributed by atoms with van der Waals surface area (Å²) in [6.45, 7) is 4.54. The van der Waals surface area contributed by atoms with Crippen molar-refractivity contribution in [3.05, 3.63) is 29.3 Å². The predicted molar refractivity (Wildman–Crippen MR) is 84.4 cm³/mol. The third kappa shape index (κ3) is 10.8. The second-order valence-electron chi connectivity index (χ2n) is 4.47. The van der Waals surface area contributed by atoms with Crippen molar-refractivity contribution >= 4 is 23.4 Å². The first kappa shape index (κ1) is 20.0. The van der Waals surface area contributed by atoms with E-state index in [1.54, 1.807) is 11.8 Å². The molecule has 0 unspecified atom stereocenters. The van der Waals surface area contributed by atoms with Gasteiger partial charge < -0.3 is 27.4 Å². The van der Waals surface area contributed by atoms with E-state index >= 15 is 0 Å². The van der Waals surface area contributed by atoms with Crippen LogP contribution in [0.15, 0.2) is 29.2 Å². The first-order valence-corrected chi connectivity index (χ1v) is 7.86. The van der Waals surface area contributed by atoms with Crippen molar-refractivity contribution in [1.82, 2.24) is 10.2 Å². The molecule has 0 aliphatic rings. The monoisotopic (exact) mass is 337 g/mol. The van der Waals surface area contributed by atoms with Crippen LogP contribution < -0.4 is 17.7 Å². The van der Waals surface area contributed by atoms with Crippen LogP contribution >= 0.6 is 23.4 Å². The summed E-state index contributed by atoms with van der Waals surface area (Å²) in [6, 6.07) is 7.91. The van der Waals surface area contributed by atoms with Crippen molar-refractivity contribution in [2.75, 3.05) is 52.7 Å². The van der Waals surface area contributed by atoms with E-state index in [2.05, 4.69) is 24.3 Å². The summed E-state index contributed by atoms with van der Waals surface area (Å²) >= 11 is 7.62. The summed E-state index contributed by atoms with van der Waals surface area (Å²) in [5, 5.41) is 4.13. The first-order chi connectivity index (χ1) is 9.18. The lowest BCUT2D eigenvalue weighted by atomic mass is 10.4. The van der Waals surface area contributed by atoms with Gasteiger partial charge in [0.15, 0.2) is 0 Å². The van der Waals surface area contributed by atoms with Crippen molar-refractivity contribution in [1.29, 1.82) is 0 Å². The number of benzene rings is 1. The number of likely N-dealkylation sites (N-methyl/N-ethyl adjacent to an activating group) is 1. The lowest BCUT2D eigenvalue weighted by molar-refractivity contribution is -0.00000457. The number of hydrogen-bond donors (Lipinski definition) is 1. The van der Waals surface area contributed by atoms with E-state index in [1.807, 2.05) is 24.3 Å².